The number of carbonyl (C=O) groups excluding carboxylic acids is 1. The summed E-state index contributed by atoms with van der Waals surface area (Å²) in [6, 6.07) is 3.45. The summed E-state index contributed by atoms with van der Waals surface area (Å²) in [5.74, 6) is 0.553. The highest BCUT2D eigenvalue weighted by atomic mass is 32.2. The molecule has 0 aliphatic heterocycles. The summed E-state index contributed by atoms with van der Waals surface area (Å²) in [5, 5.41) is 0.701. The number of hydrogen-bond donors (Lipinski definition) is 0. The second kappa shape index (κ2) is 4.66. The van der Waals surface area contributed by atoms with Crippen LogP contribution in [0.15, 0.2) is 17.2 Å². The minimum Gasteiger partial charge on any atom is -0.472 e. The van der Waals surface area contributed by atoms with Crippen LogP contribution < -0.4 is 4.74 Å². The van der Waals surface area contributed by atoms with Gasteiger partial charge < -0.3 is 4.74 Å². The van der Waals surface area contributed by atoms with E-state index in [-0.39, 0.29) is 5.60 Å². The van der Waals surface area contributed by atoms with E-state index in [1.165, 1.54) is 11.8 Å². The largest absolute Gasteiger partial charge is 0.472 e. The van der Waals surface area contributed by atoms with Crippen LogP contribution in [0.2, 0.25) is 0 Å². The van der Waals surface area contributed by atoms with Crippen LogP contribution in [0.1, 0.15) is 31.1 Å². The Hall–Kier alpha value is -1.03. The number of pyridine rings is 1. The molecule has 0 fully saturated rings. The van der Waals surface area contributed by atoms with Crippen molar-refractivity contribution < 1.29 is 9.53 Å². The second-order valence-electron chi connectivity index (χ2n) is 4.08. The first-order valence-corrected chi connectivity index (χ1v) is 5.88. The zero-order chi connectivity index (χ0) is 11.5. The summed E-state index contributed by atoms with van der Waals surface area (Å²) in [6.07, 6.45) is 2.69. The van der Waals surface area contributed by atoms with Crippen molar-refractivity contribution in [3.8, 4) is 5.88 Å². The van der Waals surface area contributed by atoms with Gasteiger partial charge in [0.1, 0.15) is 10.6 Å². The lowest BCUT2D eigenvalue weighted by Gasteiger charge is -2.20. The number of thioether (sulfide) groups is 1. The van der Waals surface area contributed by atoms with Crippen molar-refractivity contribution in [3.63, 3.8) is 0 Å². The Kier molecular flexibility index (Phi) is 3.74. The molecule has 0 saturated carbocycles. The molecule has 0 saturated heterocycles. The van der Waals surface area contributed by atoms with Gasteiger partial charge in [0.25, 0.3) is 0 Å². The van der Waals surface area contributed by atoms with E-state index in [0.717, 1.165) is 6.29 Å². The van der Waals surface area contributed by atoms with Crippen LogP contribution >= 0.6 is 11.8 Å². The third kappa shape index (κ3) is 3.55. The Morgan fingerprint density at radius 3 is 2.53 bits per heavy atom. The molecule has 1 aromatic rings. The number of nitrogens with zero attached hydrogens (tertiary/aromatic N) is 1. The van der Waals surface area contributed by atoms with E-state index < -0.39 is 0 Å². The van der Waals surface area contributed by atoms with Gasteiger partial charge in [-0.3, -0.25) is 4.79 Å². The van der Waals surface area contributed by atoms with Gasteiger partial charge in [-0.1, -0.05) is 0 Å². The number of hydrogen-bond acceptors (Lipinski definition) is 4. The highest BCUT2D eigenvalue weighted by Gasteiger charge is 2.13. The van der Waals surface area contributed by atoms with Crippen LogP contribution in [0.25, 0.3) is 0 Å². The lowest BCUT2D eigenvalue weighted by atomic mass is 10.2. The van der Waals surface area contributed by atoms with Gasteiger partial charge in [0.05, 0.1) is 0 Å². The summed E-state index contributed by atoms with van der Waals surface area (Å²) in [5.41, 5.74) is 0.328. The third-order valence-electron chi connectivity index (χ3n) is 1.60. The van der Waals surface area contributed by atoms with Gasteiger partial charge in [-0.15, -0.1) is 11.8 Å². The number of aromatic nitrogens is 1. The van der Waals surface area contributed by atoms with Crippen LogP contribution in [0, 0.1) is 0 Å². The molecular formula is C11H15NO2S. The second-order valence-corrected chi connectivity index (χ2v) is 4.88. The fourth-order valence-corrected chi connectivity index (χ4v) is 1.59. The summed E-state index contributed by atoms with van der Waals surface area (Å²) in [4.78, 5) is 14.9. The fourth-order valence-electron chi connectivity index (χ4n) is 1.06. The van der Waals surface area contributed by atoms with E-state index in [1.54, 1.807) is 12.1 Å². The van der Waals surface area contributed by atoms with Crippen molar-refractivity contribution >= 4 is 18.0 Å². The minimum absolute atomic E-state index is 0.272. The maximum atomic E-state index is 10.7. The van der Waals surface area contributed by atoms with E-state index in [2.05, 4.69) is 4.98 Å². The first kappa shape index (κ1) is 12.0. The van der Waals surface area contributed by atoms with Crippen molar-refractivity contribution in [2.24, 2.45) is 0 Å². The highest BCUT2D eigenvalue weighted by molar-refractivity contribution is 7.98. The Labute approximate surface area is 94.2 Å². The van der Waals surface area contributed by atoms with Crippen molar-refractivity contribution in [3.05, 3.63) is 17.7 Å². The SMILES string of the molecule is CSc1nc(OC(C)(C)C)ccc1C=O. The van der Waals surface area contributed by atoms with Gasteiger partial charge in [-0.25, -0.2) is 4.98 Å². The molecule has 1 heterocycles. The molecular weight excluding hydrogens is 210 g/mol. The minimum atomic E-state index is -0.272. The molecule has 1 aromatic heterocycles. The molecule has 0 bridgehead atoms. The molecule has 0 amide bonds. The molecule has 0 spiro atoms. The highest BCUT2D eigenvalue weighted by Crippen LogP contribution is 2.22. The van der Waals surface area contributed by atoms with Crippen molar-refractivity contribution in [2.75, 3.05) is 6.26 Å². The topological polar surface area (TPSA) is 39.2 Å². The predicted molar refractivity (Wildman–Crippen MR) is 61.8 cm³/mol. The van der Waals surface area contributed by atoms with Crippen molar-refractivity contribution in [2.45, 2.75) is 31.4 Å². The van der Waals surface area contributed by atoms with Crippen LogP contribution in [-0.4, -0.2) is 23.1 Å². The van der Waals surface area contributed by atoms with Gasteiger partial charge in [-0.2, -0.15) is 0 Å². The fraction of sp³-hybridized carbons (Fsp3) is 0.455. The summed E-state index contributed by atoms with van der Waals surface area (Å²) in [7, 11) is 0. The van der Waals surface area contributed by atoms with Crippen molar-refractivity contribution in [1.29, 1.82) is 0 Å². The number of rotatable bonds is 3. The number of ether oxygens (including phenoxy) is 1. The summed E-state index contributed by atoms with van der Waals surface area (Å²) >= 11 is 1.44. The molecule has 0 atom stereocenters. The number of carbonyl (C=O) groups is 1. The Morgan fingerprint density at radius 1 is 1.40 bits per heavy atom. The van der Waals surface area contributed by atoms with E-state index >= 15 is 0 Å². The van der Waals surface area contributed by atoms with Crippen LogP contribution in [-0.2, 0) is 0 Å². The van der Waals surface area contributed by atoms with E-state index in [0.29, 0.717) is 16.5 Å². The van der Waals surface area contributed by atoms with E-state index in [9.17, 15) is 4.79 Å². The molecule has 3 nitrogen and oxygen atoms in total. The molecule has 0 aliphatic carbocycles. The molecule has 0 N–H and O–H groups in total. The molecule has 15 heavy (non-hydrogen) atoms. The van der Waals surface area contributed by atoms with Crippen LogP contribution in [0.3, 0.4) is 0 Å². The van der Waals surface area contributed by atoms with Gasteiger partial charge >= 0.3 is 0 Å². The van der Waals surface area contributed by atoms with Crippen LogP contribution in [0.5, 0.6) is 5.88 Å². The van der Waals surface area contributed by atoms with E-state index in [4.69, 9.17) is 4.74 Å². The van der Waals surface area contributed by atoms with Gasteiger partial charge in [0.2, 0.25) is 5.88 Å². The van der Waals surface area contributed by atoms with Gasteiger partial charge in [-0.05, 0) is 33.1 Å². The molecule has 4 heteroatoms. The Balaban J connectivity index is 2.98. The summed E-state index contributed by atoms with van der Waals surface area (Å²) < 4.78 is 5.60. The normalized spacial score (nSPS) is 11.2. The van der Waals surface area contributed by atoms with Crippen molar-refractivity contribution in [1.82, 2.24) is 4.98 Å². The maximum Gasteiger partial charge on any atom is 0.214 e. The molecule has 0 radical (unpaired) electrons. The first-order valence-electron chi connectivity index (χ1n) is 4.65. The molecule has 0 unspecified atom stereocenters. The Morgan fingerprint density at radius 2 is 2.07 bits per heavy atom. The molecule has 1 rings (SSSR count). The van der Waals surface area contributed by atoms with Crippen LogP contribution in [0.4, 0.5) is 0 Å². The average Bonchev–Trinajstić information content (AvgIpc) is 2.15. The lowest BCUT2D eigenvalue weighted by Crippen LogP contribution is -2.23. The zero-order valence-electron chi connectivity index (χ0n) is 9.40. The Bertz CT molecular complexity index is 358. The molecule has 82 valence electrons. The quantitative estimate of drug-likeness (QED) is 0.585. The third-order valence-corrected chi connectivity index (χ3v) is 2.31. The maximum absolute atomic E-state index is 10.7. The van der Waals surface area contributed by atoms with Gasteiger partial charge in [0, 0.05) is 11.6 Å². The zero-order valence-corrected chi connectivity index (χ0v) is 10.2. The summed E-state index contributed by atoms with van der Waals surface area (Å²) in [6.45, 7) is 5.88. The average molecular weight is 225 g/mol. The molecule has 0 aromatic carbocycles. The first-order chi connectivity index (χ1) is 6.96. The lowest BCUT2D eigenvalue weighted by molar-refractivity contribution is 0.111. The molecule has 0 aliphatic rings. The standard InChI is InChI=1S/C11H15NO2S/c1-11(2,3)14-9-6-5-8(7-13)10(12-9)15-4/h5-7H,1-4H3. The van der Waals surface area contributed by atoms with E-state index in [1.807, 2.05) is 27.0 Å². The smallest absolute Gasteiger partial charge is 0.214 e. The predicted octanol–water partition coefficient (Wildman–Crippen LogP) is 2.79. The number of aldehydes is 1. The van der Waals surface area contributed by atoms with Gasteiger partial charge in [0.15, 0.2) is 6.29 Å². The monoisotopic (exact) mass is 225 g/mol.